The lowest BCUT2D eigenvalue weighted by atomic mass is 10.1. The SMILES string of the molecule is CCc1cc(CC(O)c2csc(I)c2)n(CC)n1. The van der Waals surface area contributed by atoms with Gasteiger partial charge in [-0.1, -0.05) is 6.92 Å². The van der Waals surface area contributed by atoms with E-state index < -0.39 is 6.10 Å². The van der Waals surface area contributed by atoms with Crippen LogP contribution in [-0.4, -0.2) is 14.9 Å². The molecule has 3 nitrogen and oxygen atoms in total. The number of halogens is 1. The number of rotatable bonds is 5. The summed E-state index contributed by atoms with van der Waals surface area (Å²) in [5, 5.41) is 16.8. The molecule has 2 aromatic heterocycles. The van der Waals surface area contributed by atoms with Crippen LogP contribution in [0.25, 0.3) is 0 Å². The highest BCUT2D eigenvalue weighted by atomic mass is 127. The smallest absolute Gasteiger partial charge is 0.0853 e. The summed E-state index contributed by atoms with van der Waals surface area (Å²) in [5.41, 5.74) is 3.22. The third kappa shape index (κ3) is 3.13. The van der Waals surface area contributed by atoms with E-state index in [1.807, 2.05) is 16.1 Å². The molecular weight excluding hydrogens is 359 g/mol. The standard InChI is InChI=1S/C13H17IN2OS/c1-3-10-6-11(16(4-2)15-10)7-12(17)9-5-13(14)18-8-9/h5-6,8,12,17H,3-4,7H2,1-2H3. The molecule has 2 heterocycles. The van der Waals surface area contributed by atoms with Gasteiger partial charge in [-0.2, -0.15) is 5.10 Å². The van der Waals surface area contributed by atoms with Gasteiger partial charge in [-0.3, -0.25) is 4.68 Å². The van der Waals surface area contributed by atoms with Crippen molar-refractivity contribution < 1.29 is 5.11 Å². The molecule has 0 fully saturated rings. The first-order chi connectivity index (χ1) is 8.63. The highest BCUT2D eigenvalue weighted by Crippen LogP contribution is 2.25. The molecule has 1 unspecified atom stereocenters. The van der Waals surface area contributed by atoms with Gasteiger partial charge in [-0.15, -0.1) is 11.3 Å². The van der Waals surface area contributed by atoms with Crippen molar-refractivity contribution in [1.29, 1.82) is 0 Å². The van der Waals surface area contributed by atoms with Gasteiger partial charge in [-0.05, 0) is 59.0 Å². The van der Waals surface area contributed by atoms with Crippen LogP contribution in [0.5, 0.6) is 0 Å². The molecule has 2 rings (SSSR count). The predicted molar refractivity (Wildman–Crippen MR) is 83.0 cm³/mol. The summed E-state index contributed by atoms with van der Waals surface area (Å²) in [7, 11) is 0. The minimum atomic E-state index is -0.434. The van der Waals surface area contributed by atoms with Gasteiger partial charge in [0.05, 0.1) is 14.7 Å². The number of aromatic nitrogens is 2. The molecule has 0 spiro atoms. The van der Waals surface area contributed by atoms with Crippen LogP contribution in [0, 0.1) is 2.88 Å². The third-order valence-electron chi connectivity index (χ3n) is 2.95. The fraction of sp³-hybridized carbons (Fsp3) is 0.462. The van der Waals surface area contributed by atoms with E-state index in [0.29, 0.717) is 6.42 Å². The summed E-state index contributed by atoms with van der Waals surface area (Å²) in [4.78, 5) is 0. The lowest BCUT2D eigenvalue weighted by Crippen LogP contribution is -2.08. The number of hydrogen-bond donors (Lipinski definition) is 1. The molecule has 1 N–H and O–H groups in total. The van der Waals surface area contributed by atoms with E-state index in [4.69, 9.17) is 0 Å². The molecule has 0 saturated carbocycles. The summed E-state index contributed by atoms with van der Waals surface area (Å²) in [5.74, 6) is 0. The van der Waals surface area contributed by atoms with Crippen LogP contribution >= 0.6 is 33.9 Å². The van der Waals surface area contributed by atoms with Crippen molar-refractivity contribution in [3.8, 4) is 0 Å². The van der Waals surface area contributed by atoms with Crippen molar-refractivity contribution in [1.82, 2.24) is 9.78 Å². The zero-order chi connectivity index (χ0) is 13.1. The van der Waals surface area contributed by atoms with Gasteiger partial charge in [0, 0.05) is 18.7 Å². The normalized spacial score (nSPS) is 12.9. The first-order valence-corrected chi connectivity index (χ1v) is 8.07. The first-order valence-electron chi connectivity index (χ1n) is 6.11. The highest BCUT2D eigenvalue weighted by molar-refractivity contribution is 14.1. The number of thiophene rings is 1. The van der Waals surface area contributed by atoms with Crippen molar-refractivity contribution in [2.24, 2.45) is 0 Å². The average molecular weight is 376 g/mol. The Kier molecular flexibility index (Phi) is 4.80. The van der Waals surface area contributed by atoms with Gasteiger partial charge < -0.3 is 5.11 Å². The molecular formula is C13H17IN2OS. The molecule has 1 atom stereocenters. The van der Waals surface area contributed by atoms with E-state index in [9.17, 15) is 5.11 Å². The predicted octanol–water partition coefficient (Wildman–Crippen LogP) is 3.41. The van der Waals surface area contributed by atoms with Crippen molar-refractivity contribution >= 4 is 33.9 Å². The molecule has 2 aromatic rings. The van der Waals surface area contributed by atoms with E-state index in [1.165, 1.54) is 2.88 Å². The maximum Gasteiger partial charge on any atom is 0.0853 e. The quantitative estimate of drug-likeness (QED) is 0.813. The Hall–Kier alpha value is -0.400. The van der Waals surface area contributed by atoms with E-state index in [0.717, 1.165) is 29.9 Å². The van der Waals surface area contributed by atoms with E-state index in [2.05, 4.69) is 47.6 Å². The number of nitrogens with zero attached hydrogens (tertiary/aromatic N) is 2. The van der Waals surface area contributed by atoms with Crippen molar-refractivity contribution in [3.05, 3.63) is 37.3 Å². The second-order valence-corrected chi connectivity index (χ2v) is 7.01. The second-order valence-electron chi connectivity index (χ2n) is 4.20. The van der Waals surface area contributed by atoms with E-state index >= 15 is 0 Å². The summed E-state index contributed by atoms with van der Waals surface area (Å²) in [6, 6.07) is 4.15. The van der Waals surface area contributed by atoms with Crippen LogP contribution in [0.1, 0.15) is 36.9 Å². The zero-order valence-electron chi connectivity index (χ0n) is 10.6. The van der Waals surface area contributed by atoms with Gasteiger partial charge in [0.25, 0.3) is 0 Å². The Bertz CT molecular complexity index is 521. The van der Waals surface area contributed by atoms with Crippen LogP contribution in [0.3, 0.4) is 0 Å². The average Bonchev–Trinajstić information content (AvgIpc) is 2.95. The highest BCUT2D eigenvalue weighted by Gasteiger charge is 2.14. The van der Waals surface area contributed by atoms with Crippen LogP contribution in [0.4, 0.5) is 0 Å². The maximum absolute atomic E-state index is 10.3. The van der Waals surface area contributed by atoms with Crippen molar-refractivity contribution in [3.63, 3.8) is 0 Å². The number of hydrogen-bond acceptors (Lipinski definition) is 3. The molecule has 0 aromatic carbocycles. The van der Waals surface area contributed by atoms with Gasteiger partial charge in [0.15, 0.2) is 0 Å². The first kappa shape index (κ1) is 14.0. The molecule has 0 saturated heterocycles. The molecule has 0 aliphatic rings. The van der Waals surface area contributed by atoms with Gasteiger partial charge in [0.2, 0.25) is 0 Å². The summed E-state index contributed by atoms with van der Waals surface area (Å²) in [6.45, 7) is 5.03. The third-order valence-corrected chi connectivity index (χ3v) is 4.76. The fourth-order valence-electron chi connectivity index (χ4n) is 1.94. The monoisotopic (exact) mass is 376 g/mol. The molecule has 18 heavy (non-hydrogen) atoms. The summed E-state index contributed by atoms with van der Waals surface area (Å²) >= 11 is 3.95. The zero-order valence-corrected chi connectivity index (χ0v) is 13.5. The molecule has 0 radical (unpaired) electrons. The van der Waals surface area contributed by atoms with Crippen molar-refractivity contribution in [2.75, 3.05) is 0 Å². The summed E-state index contributed by atoms with van der Waals surface area (Å²) in [6.07, 6.45) is 1.14. The minimum absolute atomic E-state index is 0.434. The molecule has 5 heteroatoms. The molecule has 0 bridgehead atoms. The van der Waals surface area contributed by atoms with Gasteiger partial charge >= 0.3 is 0 Å². The molecule has 0 amide bonds. The van der Waals surface area contributed by atoms with Gasteiger partial charge in [0.1, 0.15) is 0 Å². The Morgan fingerprint density at radius 1 is 1.44 bits per heavy atom. The van der Waals surface area contributed by atoms with Crippen LogP contribution in [0.15, 0.2) is 17.5 Å². The van der Waals surface area contributed by atoms with Crippen LogP contribution in [-0.2, 0) is 19.4 Å². The Morgan fingerprint density at radius 2 is 2.22 bits per heavy atom. The minimum Gasteiger partial charge on any atom is -0.388 e. The Morgan fingerprint density at radius 3 is 2.78 bits per heavy atom. The number of aryl methyl sites for hydroxylation is 2. The molecule has 0 aliphatic carbocycles. The molecule has 0 aliphatic heterocycles. The fourth-order valence-corrected chi connectivity index (χ4v) is 3.36. The second kappa shape index (κ2) is 6.16. The Labute approximate surface area is 125 Å². The lowest BCUT2D eigenvalue weighted by Gasteiger charge is -2.09. The summed E-state index contributed by atoms with van der Waals surface area (Å²) < 4.78 is 3.19. The van der Waals surface area contributed by atoms with Crippen molar-refractivity contribution in [2.45, 2.75) is 39.3 Å². The maximum atomic E-state index is 10.3. The van der Waals surface area contributed by atoms with E-state index in [-0.39, 0.29) is 0 Å². The topological polar surface area (TPSA) is 38.0 Å². The van der Waals surface area contributed by atoms with E-state index in [1.54, 1.807) is 11.3 Å². The molecule has 98 valence electrons. The largest absolute Gasteiger partial charge is 0.388 e. The Balaban J connectivity index is 2.15. The lowest BCUT2D eigenvalue weighted by molar-refractivity contribution is 0.176. The van der Waals surface area contributed by atoms with Crippen LogP contribution in [0.2, 0.25) is 0 Å². The number of aliphatic hydroxyl groups is 1. The van der Waals surface area contributed by atoms with Crippen LogP contribution < -0.4 is 0 Å². The number of aliphatic hydroxyl groups excluding tert-OH is 1. The van der Waals surface area contributed by atoms with Gasteiger partial charge in [-0.25, -0.2) is 0 Å².